The van der Waals surface area contributed by atoms with Gasteiger partial charge in [-0.05, 0) is 30.0 Å². The molecule has 0 aliphatic carbocycles. The molecule has 0 aliphatic rings. The minimum absolute atomic E-state index is 0.0596. The van der Waals surface area contributed by atoms with Crippen molar-refractivity contribution in [2.24, 2.45) is 0 Å². The van der Waals surface area contributed by atoms with Crippen LogP contribution in [-0.2, 0) is 6.18 Å². The molecule has 176 valence electrons. The summed E-state index contributed by atoms with van der Waals surface area (Å²) in [6.45, 7) is 2.28. The van der Waals surface area contributed by atoms with Crippen LogP contribution in [-0.4, -0.2) is 32.0 Å². The number of carbonyl (C=O) groups is 1. The van der Waals surface area contributed by atoms with Crippen LogP contribution in [0.15, 0.2) is 55.0 Å². The highest BCUT2D eigenvalue weighted by Crippen LogP contribution is 2.38. The van der Waals surface area contributed by atoms with Gasteiger partial charge in [-0.1, -0.05) is 37.3 Å². The number of fused-ring (bicyclic) bond motifs is 1. The number of halogens is 4. The fourth-order valence-electron chi connectivity index (χ4n) is 3.68. The second-order valence-electron chi connectivity index (χ2n) is 7.77. The summed E-state index contributed by atoms with van der Waals surface area (Å²) < 4.78 is 56.0. The Morgan fingerprint density at radius 1 is 1.18 bits per heavy atom. The Bertz CT molecular complexity index is 1340. The highest BCUT2D eigenvalue weighted by molar-refractivity contribution is 5.95. The third-order valence-electron chi connectivity index (χ3n) is 5.50. The van der Waals surface area contributed by atoms with E-state index in [9.17, 15) is 22.4 Å². The van der Waals surface area contributed by atoms with E-state index in [2.05, 4.69) is 20.4 Å². The normalized spacial score (nSPS) is 12.6. The van der Waals surface area contributed by atoms with Crippen LogP contribution >= 0.6 is 0 Å². The molecule has 0 aliphatic heterocycles. The molecule has 0 fully saturated rings. The Labute approximate surface area is 191 Å². The summed E-state index contributed by atoms with van der Waals surface area (Å²) in [5.41, 5.74) is 4.89. The lowest BCUT2D eigenvalue weighted by atomic mass is 9.98. The number of hydrogen-bond acceptors (Lipinski definition) is 5. The Morgan fingerprint density at radius 3 is 2.62 bits per heavy atom. The number of carbonyl (C=O) groups excluding carboxylic acids is 1. The van der Waals surface area contributed by atoms with Crippen molar-refractivity contribution in [1.29, 1.82) is 0 Å². The summed E-state index contributed by atoms with van der Waals surface area (Å²) in [6.07, 6.45) is -2.08. The van der Waals surface area contributed by atoms with Crippen molar-refractivity contribution in [2.75, 3.05) is 12.3 Å². The first-order valence-corrected chi connectivity index (χ1v) is 10.3. The number of nitrogens with zero attached hydrogens (tertiary/aromatic N) is 4. The first-order chi connectivity index (χ1) is 16.2. The van der Waals surface area contributed by atoms with E-state index in [0.29, 0.717) is 6.42 Å². The third kappa shape index (κ3) is 4.54. The molecule has 0 bridgehead atoms. The predicted octanol–water partition coefficient (Wildman–Crippen LogP) is 4.46. The molecular formula is C23H20F4N6O. The monoisotopic (exact) mass is 472 g/mol. The van der Waals surface area contributed by atoms with Gasteiger partial charge in [-0.3, -0.25) is 4.79 Å². The van der Waals surface area contributed by atoms with Gasteiger partial charge in [-0.2, -0.15) is 22.7 Å². The lowest BCUT2D eigenvalue weighted by Crippen LogP contribution is -2.26. The minimum atomic E-state index is -4.73. The van der Waals surface area contributed by atoms with E-state index < -0.39 is 34.7 Å². The van der Waals surface area contributed by atoms with Crippen LogP contribution in [0.1, 0.15) is 40.7 Å². The molecule has 0 saturated heterocycles. The maximum Gasteiger partial charge on any atom is 0.418 e. The molecule has 0 radical (unpaired) electrons. The van der Waals surface area contributed by atoms with Gasteiger partial charge in [-0.25, -0.2) is 14.5 Å². The molecule has 1 amide bonds. The largest absolute Gasteiger partial charge is 0.418 e. The lowest BCUT2D eigenvalue weighted by molar-refractivity contribution is -0.136. The van der Waals surface area contributed by atoms with Crippen molar-refractivity contribution in [3.8, 4) is 11.3 Å². The van der Waals surface area contributed by atoms with E-state index in [1.54, 1.807) is 0 Å². The fraction of sp³-hybridized carbons (Fsp3) is 0.217. The van der Waals surface area contributed by atoms with Crippen molar-refractivity contribution in [3.63, 3.8) is 0 Å². The van der Waals surface area contributed by atoms with Gasteiger partial charge in [0.25, 0.3) is 5.91 Å². The van der Waals surface area contributed by atoms with E-state index in [0.717, 1.165) is 34.7 Å². The molecule has 3 aromatic heterocycles. The number of nitrogens with one attached hydrogen (secondary N) is 1. The SMILES string of the molecule is CC(CCNC(=O)c1cc(-c2cc(C(F)(F)F)c3c(N)ncnn23)cnc1F)c1ccccc1. The minimum Gasteiger partial charge on any atom is -0.382 e. The smallest absolute Gasteiger partial charge is 0.382 e. The summed E-state index contributed by atoms with van der Waals surface area (Å²) in [5, 5.41) is 6.49. The molecule has 4 rings (SSSR count). The summed E-state index contributed by atoms with van der Waals surface area (Å²) >= 11 is 0. The molecule has 1 unspecified atom stereocenters. The number of rotatable bonds is 6. The standard InChI is InChI=1S/C23H20F4N6O/c1-13(14-5-3-2-4-6-14)7-8-29-22(34)16-9-15(11-30-20(16)24)18-10-17(23(25,26)27)19-21(28)31-12-32-33(18)19/h2-6,9-13H,7-8H2,1H3,(H,29,34)(H2,28,31,32). The highest BCUT2D eigenvalue weighted by Gasteiger charge is 2.36. The number of nitrogens with two attached hydrogens (primary N) is 1. The topological polar surface area (TPSA) is 98.2 Å². The van der Waals surface area contributed by atoms with Crippen LogP contribution in [0.4, 0.5) is 23.4 Å². The number of aromatic nitrogens is 4. The molecule has 0 spiro atoms. The molecule has 1 aromatic carbocycles. The zero-order chi connectivity index (χ0) is 24.5. The average molecular weight is 472 g/mol. The summed E-state index contributed by atoms with van der Waals surface area (Å²) in [4.78, 5) is 19.8. The van der Waals surface area contributed by atoms with Gasteiger partial charge in [0.2, 0.25) is 5.95 Å². The molecule has 3 N–H and O–H groups in total. The number of alkyl halides is 3. The van der Waals surface area contributed by atoms with Gasteiger partial charge in [0.1, 0.15) is 11.8 Å². The third-order valence-corrected chi connectivity index (χ3v) is 5.50. The quantitative estimate of drug-likeness (QED) is 0.319. The summed E-state index contributed by atoms with van der Waals surface area (Å²) in [7, 11) is 0. The Balaban J connectivity index is 1.60. The van der Waals surface area contributed by atoms with E-state index in [4.69, 9.17) is 5.73 Å². The van der Waals surface area contributed by atoms with Gasteiger partial charge in [0.15, 0.2) is 5.82 Å². The van der Waals surface area contributed by atoms with Crippen LogP contribution in [0.5, 0.6) is 0 Å². The van der Waals surface area contributed by atoms with Gasteiger partial charge < -0.3 is 11.1 Å². The predicted molar refractivity (Wildman–Crippen MR) is 117 cm³/mol. The van der Waals surface area contributed by atoms with E-state index in [-0.39, 0.29) is 29.5 Å². The molecule has 3 heterocycles. The molecular weight excluding hydrogens is 452 g/mol. The average Bonchev–Trinajstić information content (AvgIpc) is 3.21. The van der Waals surface area contributed by atoms with Gasteiger partial charge in [-0.15, -0.1) is 0 Å². The fourth-order valence-corrected chi connectivity index (χ4v) is 3.68. The second kappa shape index (κ2) is 9.08. The van der Waals surface area contributed by atoms with E-state index in [1.165, 1.54) is 0 Å². The molecule has 11 heteroatoms. The number of anilines is 1. The lowest BCUT2D eigenvalue weighted by Gasteiger charge is -2.13. The summed E-state index contributed by atoms with van der Waals surface area (Å²) in [5.74, 6) is -1.97. The molecule has 4 aromatic rings. The van der Waals surface area contributed by atoms with Crippen molar-refractivity contribution in [2.45, 2.75) is 25.4 Å². The number of benzene rings is 1. The Morgan fingerprint density at radius 2 is 1.91 bits per heavy atom. The number of hydrogen-bond donors (Lipinski definition) is 2. The maximum absolute atomic E-state index is 14.4. The highest BCUT2D eigenvalue weighted by atomic mass is 19.4. The molecule has 7 nitrogen and oxygen atoms in total. The Hall–Kier alpha value is -4.02. The number of nitrogen functional groups attached to an aromatic ring is 1. The van der Waals surface area contributed by atoms with Crippen LogP contribution < -0.4 is 11.1 Å². The number of pyridine rings is 1. The first kappa shape index (κ1) is 23.1. The first-order valence-electron chi connectivity index (χ1n) is 10.3. The van der Waals surface area contributed by atoms with E-state index >= 15 is 0 Å². The van der Waals surface area contributed by atoms with Crippen molar-refractivity contribution < 1.29 is 22.4 Å². The van der Waals surface area contributed by atoms with Crippen LogP contribution in [0.2, 0.25) is 0 Å². The van der Waals surface area contributed by atoms with E-state index in [1.807, 2.05) is 37.3 Å². The zero-order valence-corrected chi connectivity index (χ0v) is 18.0. The van der Waals surface area contributed by atoms with Crippen LogP contribution in [0.25, 0.3) is 16.8 Å². The number of amides is 1. The van der Waals surface area contributed by atoms with Gasteiger partial charge in [0, 0.05) is 18.3 Å². The molecule has 0 saturated carbocycles. The molecule has 1 atom stereocenters. The van der Waals surface area contributed by atoms with Crippen LogP contribution in [0.3, 0.4) is 0 Å². The maximum atomic E-state index is 14.4. The zero-order valence-electron chi connectivity index (χ0n) is 18.0. The van der Waals surface area contributed by atoms with Crippen molar-refractivity contribution >= 4 is 17.2 Å². The second-order valence-corrected chi connectivity index (χ2v) is 7.77. The Kier molecular flexibility index (Phi) is 6.18. The van der Waals surface area contributed by atoms with Crippen LogP contribution in [0, 0.1) is 5.95 Å². The molecule has 34 heavy (non-hydrogen) atoms. The van der Waals surface area contributed by atoms with Gasteiger partial charge >= 0.3 is 6.18 Å². The van der Waals surface area contributed by atoms with Crippen molar-refractivity contribution in [3.05, 3.63) is 77.6 Å². The van der Waals surface area contributed by atoms with Crippen molar-refractivity contribution in [1.82, 2.24) is 24.9 Å². The van der Waals surface area contributed by atoms with Gasteiger partial charge in [0.05, 0.1) is 16.8 Å². The summed E-state index contributed by atoms with van der Waals surface area (Å²) in [6, 6.07) is 11.7.